The molecule has 0 heterocycles. The molecule has 0 fully saturated rings. The van der Waals surface area contributed by atoms with Crippen LogP contribution in [0, 0.1) is 0 Å². The summed E-state index contributed by atoms with van der Waals surface area (Å²) < 4.78 is 14.2. The molecule has 0 aromatic rings. The lowest BCUT2D eigenvalue weighted by atomic mass is 10.3. The second-order valence-corrected chi connectivity index (χ2v) is 3.75. The van der Waals surface area contributed by atoms with E-state index in [1.54, 1.807) is 0 Å². The molecule has 74 valence electrons. The van der Waals surface area contributed by atoms with Gasteiger partial charge in [0.25, 0.3) is 0 Å². The Hall–Kier alpha value is -1.20. The van der Waals surface area contributed by atoms with Crippen molar-refractivity contribution >= 4 is 25.1 Å². The first-order valence-electron chi connectivity index (χ1n) is 3.04. The number of carbonyl (C=O) groups excluding carboxylic acids is 2. The Morgan fingerprint density at radius 3 is 2.15 bits per heavy atom. The molecule has 0 amide bonds. The zero-order chi connectivity index (χ0) is 10.6. The van der Waals surface area contributed by atoms with Crippen molar-refractivity contribution in [2.75, 3.05) is 0 Å². The third-order valence-corrected chi connectivity index (χ3v) is 1.80. The van der Waals surface area contributed by atoms with Crippen molar-refractivity contribution in [3.63, 3.8) is 0 Å². The van der Waals surface area contributed by atoms with Gasteiger partial charge in [0, 0.05) is 0 Å². The van der Waals surface area contributed by atoms with Crippen LogP contribution in [-0.2, 0) is 18.7 Å². The minimum Gasteiger partial charge on any atom is -0.471 e. The Labute approximate surface area is 72.8 Å². The topological polar surface area (TPSA) is 118 Å². The molecule has 0 spiro atoms. The van der Waals surface area contributed by atoms with E-state index >= 15 is 0 Å². The van der Waals surface area contributed by atoms with Crippen molar-refractivity contribution in [1.29, 1.82) is 0 Å². The summed E-state index contributed by atoms with van der Waals surface area (Å²) in [4.78, 5) is 39.3. The molecule has 8 heteroatoms. The van der Waals surface area contributed by atoms with Crippen molar-refractivity contribution in [1.82, 2.24) is 0 Å². The van der Waals surface area contributed by atoms with Gasteiger partial charge in [-0.15, -0.1) is 0 Å². The number of rotatable bonds is 4. The molecule has 0 aromatic carbocycles. The number of hydrogen-bond donors (Lipinski definition) is 2. The van der Waals surface area contributed by atoms with E-state index in [4.69, 9.17) is 10.00 Å². The SMILES string of the molecule is CC(=O)CC(=O)OP(=O)(O)C(=O)O. The first kappa shape index (κ1) is 11.8. The van der Waals surface area contributed by atoms with Crippen LogP contribution in [-0.4, -0.2) is 27.5 Å². The molecule has 2 N–H and O–H groups in total. The van der Waals surface area contributed by atoms with Crippen molar-refractivity contribution < 1.29 is 33.5 Å². The number of ketones is 1. The Morgan fingerprint density at radius 1 is 1.38 bits per heavy atom. The van der Waals surface area contributed by atoms with Crippen LogP contribution in [0.25, 0.3) is 0 Å². The highest BCUT2D eigenvalue weighted by Gasteiger charge is 2.34. The lowest BCUT2D eigenvalue weighted by Gasteiger charge is -2.05. The summed E-state index contributed by atoms with van der Waals surface area (Å²) in [7, 11) is -4.96. The molecule has 0 bridgehead atoms. The first-order valence-corrected chi connectivity index (χ1v) is 4.61. The quantitative estimate of drug-likeness (QED) is 0.508. The van der Waals surface area contributed by atoms with Crippen LogP contribution < -0.4 is 0 Å². The fraction of sp³-hybridized carbons (Fsp3) is 0.400. The van der Waals surface area contributed by atoms with Crippen LogP contribution in [0.5, 0.6) is 0 Å². The van der Waals surface area contributed by atoms with E-state index in [0.717, 1.165) is 6.92 Å². The van der Waals surface area contributed by atoms with Crippen LogP contribution >= 0.6 is 7.60 Å². The normalized spacial score (nSPS) is 14.3. The Morgan fingerprint density at radius 2 is 1.85 bits per heavy atom. The molecule has 0 aliphatic carbocycles. The van der Waals surface area contributed by atoms with E-state index in [0.29, 0.717) is 0 Å². The molecular formula is C5H7O7P. The zero-order valence-electron chi connectivity index (χ0n) is 6.59. The number of carbonyl (C=O) groups is 3. The monoisotopic (exact) mass is 210 g/mol. The average Bonchev–Trinajstić information content (AvgIpc) is 1.82. The van der Waals surface area contributed by atoms with Crippen molar-refractivity contribution in [2.24, 2.45) is 0 Å². The molecule has 0 saturated carbocycles. The summed E-state index contributed by atoms with van der Waals surface area (Å²) >= 11 is 0. The summed E-state index contributed by atoms with van der Waals surface area (Å²) in [5.41, 5.74) is -2.13. The minimum atomic E-state index is -4.96. The zero-order valence-corrected chi connectivity index (χ0v) is 7.48. The summed E-state index contributed by atoms with van der Waals surface area (Å²) in [6.45, 7) is 1.06. The minimum absolute atomic E-state index is 0.588. The third kappa shape index (κ3) is 4.39. The van der Waals surface area contributed by atoms with E-state index in [9.17, 15) is 18.9 Å². The predicted octanol–water partition coefficient (Wildman–Crippen LogP) is 0.372. The van der Waals surface area contributed by atoms with Crippen molar-refractivity contribution in [2.45, 2.75) is 13.3 Å². The molecule has 0 saturated heterocycles. The van der Waals surface area contributed by atoms with Gasteiger partial charge in [-0.2, -0.15) is 0 Å². The maximum atomic E-state index is 10.5. The van der Waals surface area contributed by atoms with Gasteiger partial charge in [0.2, 0.25) is 0 Å². The van der Waals surface area contributed by atoms with E-state index in [-0.39, 0.29) is 0 Å². The van der Waals surface area contributed by atoms with Gasteiger partial charge in [0.1, 0.15) is 12.2 Å². The maximum Gasteiger partial charge on any atom is 0.487 e. The van der Waals surface area contributed by atoms with Crippen molar-refractivity contribution in [3.05, 3.63) is 0 Å². The van der Waals surface area contributed by atoms with Gasteiger partial charge in [-0.05, 0) is 6.92 Å². The molecule has 0 aliphatic rings. The second-order valence-electron chi connectivity index (χ2n) is 2.15. The van der Waals surface area contributed by atoms with Crippen molar-refractivity contribution in [3.8, 4) is 0 Å². The molecule has 1 atom stereocenters. The van der Waals surface area contributed by atoms with Crippen LogP contribution in [0.3, 0.4) is 0 Å². The lowest BCUT2D eigenvalue weighted by Crippen LogP contribution is -2.10. The van der Waals surface area contributed by atoms with Crippen LogP contribution in [0.15, 0.2) is 0 Å². The lowest BCUT2D eigenvalue weighted by molar-refractivity contribution is -0.137. The molecule has 1 unspecified atom stereocenters. The number of Topliss-reactive ketones (excluding diaryl/α,β-unsaturated/α-hetero) is 1. The van der Waals surface area contributed by atoms with Gasteiger partial charge < -0.3 is 14.5 Å². The van der Waals surface area contributed by atoms with E-state index in [1.165, 1.54) is 0 Å². The molecule has 0 aliphatic heterocycles. The van der Waals surface area contributed by atoms with E-state index < -0.39 is 31.5 Å². The summed E-state index contributed by atoms with van der Waals surface area (Å²) in [5, 5.41) is 8.05. The Bertz CT molecular complexity index is 293. The van der Waals surface area contributed by atoms with Gasteiger partial charge in [-0.3, -0.25) is 9.59 Å². The highest BCUT2D eigenvalue weighted by molar-refractivity contribution is 7.70. The Balaban J connectivity index is 4.29. The molecular weight excluding hydrogens is 203 g/mol. The highest BCUT2D eigenvalue weighted by Crippen LogP contribution is 2.42. The third-order valence-electron chi connectivity index (χ3n) is 0.861. The largest absolute Gasteiger partial charge is 0.487 e. The highest BCUT2D eigenvalue weighted by atomic mass is 31.2. The number of hydrogen-bond acceptors (Lipinski definition) is 5. The fourth-order valence-corrected chi connectivity index (χ4v) is 0.831. The summed E-state index contributed by atoms with van der Waals surface area (Å²) in [5.74, 6) is -1.92. The van der Waals surface area contributed by atoms with Gasteiger partial charge in [0.15, 0.2) is 0 Å². The standard InChI is InChI=1S/C5H7O7P/c1-3(6)2-4(7)12-13(10,11)5(8)9/h2H2,1H3,(H,8,9)(H,10,11). The molecule has 0 rings (SSSR count). The van der Waals surface area contributed by atoms with Crippen LogP contribution in [0.4, 0.5) is 4.79 Å². The van der Waals surface area contributed by atoms with Gasteiger partial charge in [-0.25, -0.2) is 9.36 Å². The summed E-state index contributed by atoms with van der Waals surface area (Å²) in [6.07, 6.45) is -0.724. The number of carboxylic acid groups (broad SMARTS) is 1. The molecule has 7 nitrogen and oxygen atoms in total. The van der Waals surface area contributed by atoms with Crippen LogP contribution in [0.1, 0.15) is 13.3 Å². The molecule has 0 aromatic heterocycles. The second kappa shape index (κ2) is 4.15. The smallest absolute Gasteiger partial charge is 0.471 e. The summed E-state index contributed by atoms with van der Waals surface area (Å²) in [6, 6.07) is 0. The maximum absolute atomic E-state index is 10.5. The van der Waals surface area contributed by atoms with Gasteiger partial charge in [-0.1, -0.05) is 0 Å². The molecule has 0 radical (unpaired) electrons. The molecule has 13 heavy (non-hydrogen) atoms. The predicted molar refractivity (Wildman–Crippen MR) is 39.2 cm³/mol. The fourth-order valence-electron chi connectivity index (χ4n) is 0.413. The van der Waals surface area contributed by atoms with Gasteiger partial charge in [0.05, 0.1) is 0 Å². The Kier molecular flexibility index (Phi) is 3.77. The van der Waals surface area contributed by atoms with Crippen LogP contribution in [0.2, 0.25) is 0 Å². The average molecular weight is 210 g/mol. The van der Waals surface area contributed by atoms with Gasteiger partial charge >= 0.3 is 19.3 Å². The first-order chi connectivity index (χ1) is 5.75. The van der Waals surface area contributed by atoms with E-state index in [2.05, 4.69) is 4.52 Å². The van der Waals surface area contributed by atoms with E-state index in [1.807, 2.05) is 0 Å².